The number of carbonyl (C=O) groups excluding carboxylic acids is 3. The van der Waals surface area contributed by atoms with Crippen LogP contribution in [0.4, 0.5) is 4.79 Å². The monoisotopic (exact) mass is 280 g/mol. The van der Waals surface area contributed by atoms with Crippen molar-refractivity contribution in [1.29, 1.82) is 0 Å². The lowest BCUT2D eigenvalue weighted by atomic mass is 9.87. The third-order valence-electron chi connectivity index (χ3n) is 4.46. The largest absolute Gasteiger partial charge is 0.340 e. The Morgan fingerprint density at radius 2 is 2.15 bits per heavy atom. The lowest BCUT2D eigenvalue weighted by Crippen LogP contribution is -2.60. The molecule has 0 aromatic heterocycles. The molecule has 4 amide bonds. The van der Waals surface area contributed by atoms with Crippen molar-refractivity contribution in [1.82, 2.24) is 20.9 Å². The lowest BCUT2D eigenvalue weighted by molar-refractivity contribution is -0.140. The number of rotatable bonds is 1. The molecule has 0 bridgehead atoms. The Labute approximate surface area is 117 Å². The summed E-state index contributed by atoms with van der Waals surface area (Å²) in [7, 11) is 0. The van der Waals surface area contributed by atoms with Crippen LogP contribution in [0.15, 0.2) is 0 Å². The molecule has 20 heavy (non-hydrogen) atoms. The van der Waals surface area contributed by atoms with Crippen molar-refractivity contribution in [2.45, 2.75) is 31.2 Å². The van der Waals surface area contributed by atoms with Gasteiger partial charge in [0.15, 0.2) is 0 Å². The van der Waals surface area contributed by atoms with E-state index in [4.69, 9.17) is 0 Å². The van der Waals surface area contributed by atoms with E-state index in [0.29, 0.717) is 26.1 Å². The van der Waals surface area contributed by atoms with E-state index in [0.717, 1.165) is 25.8 Å². The van der Waals surface area contributed by atoms with Crippen LogP contribution in [-0.2, 0) is 9.59 Å². The highest BCUT2D eigenvalue weighted by atomic mass is 16.2. The fourth-order valence-corrected chi connectivity index (χ4v) is 3.38. The highest BCUT2D eigenvalue weighted by Crippen LogP contribution is 2.26. The van der Waals surface area contributed by atoms with E-state index < -0.39 is 11.6 Å². The van der Waals surface area contributed by atoms with Crippen molar-refractivity contribution in [2.75, 3.05) is 26.2 Å². The van der Waals surface area contributed by atoms with E-state index in [1.54, 1.807) is 4.90 Å². The van der Waals surface area contributed by atoms with Crippen LogP contribution in [0, 0.1) is 5.92 Å². The molecule has 3 aliphatic rings. The predicted octanol–water partition coefficient (Wildman–Crippen LogP) is -0.813. The summed E-state index contributed by atoms with van der Waals surface area (Å²) in [5.41, 5.74) is -0.910. The van der Waals surface area contributed by atoms with Crippen molar-refractivity contribution in [2.24, 2.45) is 5.92 Å². The van der Waals surface area contributed by atoms with Gasteiger partial charge in [-0.1, -0.05) is 0 Å². The van der Waals surface area contributed by atoms with E-state index >= 15 is 0 Å². The normalized spacial score (nSPS) is 34.0. The van der Waals surface area contributed by atoms with Crippen molar-refractivity contribution < 1.29 is 14.4 Å². The number of amides is 4. The van der Waals surface area contributed by atoms with E-state index in [2.05, 4.69) is 16.0 Å². The van der Waals surface area contributed by atoms with Gasteiger partial charge in [0.05, 0.1) is 12.5 Å². The summed E-state index contributed by atoms with van der Waals surface area (Å²) < 4.78 is 0. The molecule has 3 saturated heterocycles. The maximum Gasteiger partial charge on any atom is 0.322 e. The molecule has 7 nitrogen and oxygen atoms in total. The zero-order chi connectivity index (χ0) is 14.2. The van der Waals surface area contributed by atoms with Crippen LogP contribution in [0.1, 0.15) is 25.7 Å². The van der Waals surface area contributed by atoms with Gasteiger partial charge in [-0.3, -0.25) is 14.9 Å². The molecule has 0 radical (unpaired) electrons. The maximum atomic E-state index is 12.5. The van der Waals surface area contributed by atoms with E-state index in [1.165, 1.54) is 0 Å². The van der Waals surface area contributed by atoms with Gasteiger partial charge in [0.25, 0.3) is 5.91 Å². The van der Waals surface area contributed by atoms with Crippen molar-refractivity contribution in [3.8, 4) is 0 Å². The predicted molar refractivity (Wildman–Crippen MR) is 70.8 cm³/mol. The smallest absolute Gasteiger partial charge is 0.322 e. The summed E-state index contributed by atoms with van der Waals surface area (Å²) in [6.07, 6.45) is 3.23. The Morgan fingerprint density at radius 1 is 1.30 bits per heavy atom. The van der Waals surface area contributed by atoms with E-state index in [-0.39, 0.29) is 17.7 Å². The number of urea groups is 1. The van der Waals surface area contributed by atoms with Gasteiger partial charge in [0, 0.05) is 13.1 Å². The van der Waals surface area contributed by atoms with Gasteiger partial charge in [-0.15, -0.1) is 0 Å². The van der Waals surface area contributed by atoms with Crippen molar-refractivity contribution >= 4 is 17.8 Å². The Balaban J connectivity index is 1.70. The van der Waals surface area contributed by atoms with E-state index in [9.17, 15) is 14.4 Å². The molecule has 0 saturated carbocycles. The lowest BCUT2D eigenvalue weighted by Gasteiger charge is -2.40. The van der Waals surface area contributed by atoms with Crippen LogP contribution in [-0.4, -0.2) is 54.5 Å². The van der Waals surface area contributed by atoms with Crippen molar-refractivity contribution in [3.63, 3.8) is 0 Å². The van der Waals surface area contributed by atoms with Crippen molar-refractivity contribution in [3.05, 3.63) is 0 Å². The molecule has 3 rings (SSSR count). The number of hydrogen-bond acceptors (Lipinski definition) is 4. The Hall–Kier alpha value is -1.63. The van der Waals surface area contributed by atoms with Gasteiger partial charge in [0.1, 0.15) is 5.54 Å². The maximum absolute atomic E-state index is 12.5. The fourth-order valence-electron chi connectivity index (χ4n) is 3.38. The zero-order valence-electron chi connectivity index (χ0n) is 11.4. The molecule has 0 aliphatic carbocycles. The topological polar surface area (TPSA) is 90.5 Å². The molecule has 3 fully saturated rings. The SMILES string of the molecule is O=C1NC(=O)C2(CCCN(C(=O)C3CCCNC3)C2)N1. The highest BCUT2D eigenvalue weighted by molar-refractivity contribution is 6.07. The summed E-state index contributed by atoms with van der Waals surface area (Å²) in [5.74, 6) is -0.203. The fraction of sp³-hybridized carbons (Fsp3) is 0.769. The number of nitrogens with zero attached hydrogens (tertiary/aromatic N) is 1. The molecule has 7 heteroatoms. The molecule has 3 heterocycles. The minimum atomic E-state index is -0.910. The molecule has 2 unspecified atom stereocenters. The number of hydrogen-bond donors (Lipinski definition) is 3. The first-order chi connectivity index (χ1) is 9.61. The van der Waals surface area contributed by atoms with E-state index in [1.807, 2.05) is 0 Å². The first-order valence-electron chi connectivity index (χ1n) is 7.24. The highest BCUT2D eigenvalue weighted by Gasteiger charge is 2.49. The molecule has 1 spiro atoms. The number of carbonyl (C=O) groups is 3. The van der Waals surface area contributed by atoms with Gasteiger partial charge in [0.2, 0.25) is 5.91 Å². The van der Waals surface area contributed by atoms with Gasteiger partial charge in [-0.05, 0) is 32.2 Å². The standard InChI is InChI=1S/C13H20N4O3/c18-10(9-3-1-5-14-7-9)17-6-2-4-13(8-17)11(19)15-12(20)16-13/h9,14H,1-8H2,(H2,15,16,19,20). The molecule has 3 aliphatic heterocycles. The number of likely N-dealkylation sites (tertiary alicyclic amines) is 1. The minimum absolute atomic E-state index is 0.000865. The quantitative estimate of drug-likeness (QED) is 0.548. The number of piperidine rings is 2. The molecule has 3 N–H and O–H groups in total. The first kappa shape index (κ1) is 13.4. The van der Waals surface area contributed by atoms with Crippen LogP contribution in [0.5, 0.6) is 0 Å². The van der Waals surface area contributed by atoms with Gasteiger partial charge in [-0.2, -0.15) is 0 Å². The molecular weight excluding hydrogens is 260 g/mol. The van der Waals surface area contributed by atoms with Crippen LogP contribution in [0.2, 0.25) is 0 Å². The Bertz CT molecular complexity index is 447. The summed E-state index contributed by atoms with van der Waals surface area (Å²) >= 11 is 0. The molecule has 0 aromatic rings. The summed E-state index contributed by atoms with van der Waals surface area (Å²) in [6.45, 7) is 2.63. The molecule has 110 valence electrons. The van der Waals surface area contributed by atoms with Gasteiger partial charge in [-0.25, -0.2) is 4.79 Å². The zero-order valence-corrected chi connectivity index (χ0v) is 11.4. The minimum Gasteiger partial charge on any atom is -0.340 e. The summed E-state index contributed by atoms with van der Waals surface area (Å²) in [5, 5.41) is 8.21. The number of imide groups is 1. The summed E-state index contributed by atoms with van der Waals surface area (Å²) in [4.78, 5) is 37.6. The van der Waals surface area contributed by atoms with Crippen LogP contribution >= 0.6 is 0 Å². The Kier molecular flexibility index (Phi) is 3.37. The number of nitrogens with one attached hydrogen (secondary N) is 3. The van der Waals surface area contributed by atoms with Crippen LogP contribution in [0.3, 0.4) is 0 Å². The van der Waals surface area contributed by atoms with Gasteiger partial charge < -0.3 is 15.5 Å². The average molecular weight is 280 g/mol. The first-order valence-corrected chi connectivity index (χ1v) is 7.24. The van der Waals surface area contributed by atoms with Gasteiger partial charge >= 0.3 is 6.03 Å². The summed E-state index contributed by atoms with van der Waals surface area (Å²) in [6, 6.07) is -0.455. The average Bonchev–Trinajstić information content (AvgIpc) is 2.73. The third-order valence-corrected chi connectivity index (χ3v) is 4.46. The third kappa shape index (κ3) is 2.26. The second-order valence-electron chi connectivity index (χ2n) is 5.90. The second kappa shape index (κ2) is 5.05. The Morgan fingerprint density at radius 3 is 2.80 bits per heavy atom. The molecule has 0 aromatic carbocycles. The molecule has 2 atom stereocenters. The van der Waals surface area contributed by atoms with Crippen LogP contribution < -0.4 is 16.0 Å². The second-order valence-corrected chi connectivity index (χ2v) is 5.90. The molecular formula is C13H20N4O3. The van der Waals surface area contributed by atoms with Crippen LogP contribution in [0.25, 0.3) is 0 Å².